The third-order valence-electron chi connectivity index (χ3n) is 5.44. The van der Waals surface area contributed by atoms with Crippen molar-refractivity contribution in [3.05, 3.63) is 59.7 Å². The van der Waals surface area contributed by atoms with Crippen LogP contribution in [0.2, 0.25) is 12.6 Å². The summed E-state index contributed by atoms with van der Waals surface area (Å²) >= 11 is 0. The summed E-state index contributed by atoms with van der Waals surface area (Å²) in [5, 5.41) is 9.51. The first kappa shape index (κ1) is 22.5. The van der Waals surface area contributed by atoms with E-state index in [1.165, 1.54) is 44.1 Å². The molecule has 0 radical (unpaired) electrons. The Kier molecular flexibility index (Phi) is 9.06. The van der Waals surface area contributed by atoms with Crippen LogP contribution in [0, 0.1) is 0 Å². The highest BCUT2D eigenvalue weighted by Gasteiger charge is 2.23. The molecule has 2 aromatic carbocycles. The summed E-state index contributed by atoms with van der Waals surface area (Å²) in [7, 11) is -1.28. The minimum Gasteiger partial charge on any atom is -0.508 e. The molecule has 0 saturated carbocycles. The zero-order valence-electron chi connectivity index (χ0n) is 17.9. The lowest BCUT2D eigenvalue weighted by molar-refractivity contribution is -0.106. The molecule has 2 rings (SSSR count). The van der Waals surface area contributed by atoms with Gasteiger partial charge in [0.15, 0.2) is 5.75 Å². The largest absolute Gasteiger partial charge is 0.508 e. The average Bonchev–Trinajstić information content (AvgIpc) is 2.69. The van der Waals surface area contributed by atoms with E-state index in [9.17, 15) is 5.11 Å². The monoisotopic (exact) mass is 400 g/mol. The van der Waals surface area contributed by atoms with Gasteiger partial charge in [-0.2, -0.15) is 0 Å². The van der Waals surface area contributed by atoms with Crippen LogP contribution in [0.4, 0.5) is 0 Å². The lowest BCUT2D eigenvalue weighted by atomic mass is 9.78. The molecule has 3 nitrogen and oxygen atoms in total. The Morgan fingerprint density at radius 3 is 1.96 bits per heavy atom. The molecular weight excluding hydrogens is 364 g/mol. The van der Waals surface area contributed by atoms with Gasteiger partial charge in [0.25, 0.3) is 0 Å². The average molecular weight is 401 g/mol. The standard InChI is InChI=1S/C24H36O3Si/c1-5-6-7-8-9-10-19-28(4)27-26-23-17-13-21(14-18-23)24(2,3)20-11-15-22(25)16-12-20/h11-18,25,28H,5-10,19H2,1-4H3. The third-order valence-corrected chi connectivity index (χ3v) is 7.08. The molecule has 1 unspecified atom stereocenters. The lowest BCUT2D eigenvalue weighted by Gasteiger charge is -2.26. The highest BCUT2D eigenvalue weighted by molar-refractivity contribution is 6.49. The molecule has 154 valence electrons. The van der Waals surface area contributed by atoms with Gasteiger partial charge in [-0.15, -0.1) is 0 Å². The van der Waals surface area contributed by atoms with Crippen LogP contribution >= 0.6 is 0 Å². The zero-order chi connectivity index (χ0) is 20.4. The maximum Gasteiger partial charge on any atom is 0.236 e. The smallest absolute Gasteiger partial charge is 0.236 e. The minimum absolute atomic E-state index is 0.146. The number of hydrogen-bond donors (Lipinski definition) is 1. The molecule has 0 aromatic heterocycles. The number of phenolic OH excluding ortho intramolecular Hbond substituents is 1. The zero-order valence-corrected chi connectivity index (χ0v) is 19.1. The Hall–Kier alpha value is -1.78. The van der Waals surface area contributed by atoms with Crippen LogP contribution in [0.1, 0.15) is 70.4 Å². The topological polar surface area (TPSA) is 38.7 Å². The Bertz CT molecular complexity index is 680. The number of hydrogen-bond acceptors (Lipinski definition) is 3. The maximum atomic E-state index is 9.51. The van der Waals surface area contributed by atoms with E-state index in [4.69, 9.17) is 9.46 Å². The number of phenols is 1. The summed E-state index contributed by atoms with van der Waals surface area (Å²) < 4.78 is 5.69. The molecule has 4 heteroatoms. The van der Waals surface area contributed by atoms with E-state index in [-0.39, 0.29) is 5.41 Å². The lowest BCUT2D eigenvalue weighted by Crippen LogP contribution is -2.19. The number of benzene rings is 2. The van der Waals surface area contributed by atoms with Crippen LogP contribution in [0.5, 0.6) is 11.5 Å². The quantitative estimate of drug-likeness (QED) is 0.185. The first-order valence-corrected chi connectivity index (χ1v) is 13.1. The maximum absolute atomic E-state index is 9.51. The molecule has 0 bridgehead atoms. The molecule has 28 heavy (non-hydrogen) atoms. The number of aromatic hydroxyl groups is 1. The van der Waals surface area contributed by atoms with Gasteiger partial charge in [0.1, 0.15) is 5.75 Å². The van der Waals surface area contributed by atoms with Crippen molar-refractivity contribution >= 4 is 9.04 Å². The Labute approximate surface area is 172 Å². The highest BCUT2D eigenvalue weighted by Crippen LogP contribution is 2.33. The third kappa shape index (κ3) is 6.99. The fourth-order valence-corrected chi connectivity index (χ4v) is 4.61. The minimum atomic E-state index is -1.28. The van der Waals surface area contributed by atoms with Crippen LogP contribution in [0.25, 0.3) is 0 Å². The SMILES string of the molecule is CCCCCCCC[SiH](C)OOc1ccc(C(C)(C)c2ccc(O)cc2)cc1. The predicted molar refractivity (Wildman–Crippen MR) is 120 cm³/mol. The molecule has 1 atom stereocenters. The Balaban J connectivity index is 1.80. The molecule has 0 aliphatic carbocycles. The van der Waals surface area contributed by atoms with Crippen LogP contribution in [-0.4, -0.2) is 14.1 Å². The van der Waals surface area contributed by atoms with Crippen molar-refractivity contribution in [2.24, 2.45) is 0 Å². The van der Waals surface area contributed by atoms with E-state index in [0.717, 1.165) is 17.4 Å². The molecular formula is C24H36O3Si. The van der Waals surface area contributed by atoms with Crippen LogP contribution in [0.3, 0.4) is 0 Å². The summed E-state index contributed by atoms with van der Waals surface area (Å²) in [5.41, 5.74) is 2.21. The van der Waals surface area contributed by atoms with Gasteiger partial charge in [-0.1, -0.05) is 83.6 Å². The van der Waals surface area contributed by atoms with Crippen molar-refractivity contribution in [2.75, 3.05) is 0 Å². The summed E-state index contributed by atoms with van der Waals surface area (Å²) in [6.07, 6.45) is 7.91. The molecule has 0 heterocycles. The van der Waals surface area contributed by atoms with Crippen LogP contribution in [0.15, 0.2) is 48.5 Å². The second kappa shape index (κ2) is 11.3. The normalized spacial score (nSPS) is 12.7. The molecule has 0 spiro atoms. The van der Waals surface area contributed by atoms with Gasteiger partial charge in [-0.25, -0.2) is 4.58 Å². The van der Waals surface area contributed by atoms with Gasteiger partial charge in [0.2, 0.25) is 9.04 Å². The molecule has 1 N–H and O–H groups in total. The summed E-state index contributed by atoms with van der Waals surface area (Å²) in [6.45, 7) is 8.82. The van der Waals surface area contributed by atoms with Crippen LogP contribution < -0.4 is 4.89 Å². The highest BCUT2D eigenvalue weighted by atomic mass is 28.3. The van der Waals surface area contributed by atoms with E-state index < -0.39 is 9.04 Å². The van der Waals surface area contributed by atoms with Gasteiger partial charge in [0, 0.05) is 5.41 Å². The molecule has 0 amide bonds. The van der Waals surface area contributed by atoms with E-state index in [2.05, 4.69) is 39.5 Å². The fraction of sp³-hybridized carbons (Fsp3) is 0.500. The summed E-state index contributed by atoms with van der Waals surface area (Å²) in [5.74, 6) is 1.05. The molecule has 0 fully saturated rings. The van der Waals surface area contributed by atoms with E-state index in [1.807, 2.05) is 24.3 Å². The predicted octanol–water partition coefficient (Wildman–Crippen LogP) is 6.74. The van der Waals surface area contributed by atoms with Crippen LogP contribution in [-0.2, 0) is 9.99 Å². The van der Waals surface area contributed by atoms with E-state index in [1.54, 1.807) is 12.1 Å². The number of rotatable bonds is 12. The van der Waals surface area contributed by atoms with Crippen molar-refractivity contribution in [1.29, 1.82) is 0 Å². The van der Waals surface area contributed by atoms with E-state index >= 15 is 0 Å². The second-order valence-electron chi connectivity index (χ2n) is 8.24. The van der Waals surface area contributed by atoms with Gasteiger partial charge >= 0.3 is 0 Å². The van der Waals surface area contributed by atoms with Crippen molar-refractivity contribution in [3.8, 4) is 11.5 Å². The molecule has 0 aliphatic heterocycles. The molecule has 0 aliphatic rings. The van der Waals surface area contributed by atoms with E-state index in [0.29, 0.717) is 5.75 Å². The molecule has 0 saturated heterocycles. The number of unbranched alkanes of at least 4 members (excludes halogenated alkanes) is 5. The van der Waals surface area contributed by atoms with Crippen molar-refractivity contribution in [2.45, 2.75) is 77.3 Å². The Morgan fingerprint density at radius 1 is 0.821 bits per heavy atom. The van der Waals surface area contributed by atoms with Gasteiger partial charge in [-0.3, -0.25) is 0 Å². The summed E-state index contributed by atoms with van der Waals surface area (Å²) in [6, 6.07) is 16.7. The Morgan fingerprint density at radius 2 is 1.36 bits per heavy atom. The fourth-order valence-electron chi connectivity index (χ4n) is 3.37. The van der Waals surface area contributed by atoms with Gasteiger partial charge in [0.05, 0.1) is 0 Å². The first-order valence-electron chi connectivity index (χ1n) is 10.7. The van der Waals surface area contributed by atoms with Gasteiger partial charge < -0.3 is 9.99 Å². The second-order valence-corrected chi connectivity index (χ2v) is 10.6. The summed E-state index contributed by atoms with van der Waals surface area (Å²) in [4.78, 5) is 5.58. The first-order chi connectivity index (χ1) is 13.4. The van der Waals surface area contributed by atoms with Crippen molar-refractivity contribution in [1.82, 2.24) is 0 Å². The van der Waals surface area contributed by atoms with Crippen molar-refractivity contribution in [3.63, 3.8) is 0 Å². The van der Waals surface area contributed by atoms with Crippen molar-refractivity contribution < 1.29 is 14.6 Å². The molecule has 2 aromatic rings. The van der Waals surface area contributed by atoms with Gasteiger partial charge in [-0.05, 0) is 48.0 Å².